The Labute approximate surface area is 137 Å². The smallest absolute Gasteiger partial charge is 0.212 e. The number of rotatable bonds is 7. The molecule has 1 aliphatic carbocycles. The maximum atomic E-state index is 12.2. The van der Waals surface area contributed by atoms with Crippen molar-refractivity contribution in [3.05, 3.63) is 53.9 Å². The van der Waals surface area contributed by atoms with Gasteiger partial charge in [0.2, 0.25) is 10.0 Å². The normalized spacial score (nSPS) is 16.9. The van der Waals surface area contributed by atoms with E-state index in [9.17, 15) is 8.42 Å². The average molecular weight is 333 g/mol. The third kappa shape index (κ3) is 4.42. The summed E-state index contributed by atoms with van der Waals surface area (Å²) in [6.07, 6.45) is 6.84. The van der Waals surface area contributed by atoms with Crippen LogP contribution in [0.5, 0.6) is 0 Å². The molecule has 2 aromatic rings. The molecule has 124 valence electrons. The van der Waals surface area contributed by atoms with Crippen LogP contribution < -0.4 is 4.72 Å². The second kappa shape index (κ2) is 6.45. The minimum atomic E-state index is -3.21. The predicted molar refractivity (Wildman–Crippen MR) is 90.4 cm³/mol. The Morgan fingerprint density at radius 1 is 1.22 bits per heavy atom. The number of aromatic nitrogens is 2. The SMILES string of the molecule is CC1(CS(=O)(=O)NCc2ccc(Cn3cccn3)cc2)CCC1. The molecular weight excluding hydrogens is 310 g/mol. The third-order valence-electron chi connectivity index (χ3n) is 4.52. The Hall–Kier alpha value is -1.66. The van der Waals surface area contributed by atoms with E-state index < -0.39 is 10.0 Å². The summed E-state index contributed by atoms with van der Waals surface area (Å²) in [5.41, 5.74) is 2.08. The van der Waals surface area contributed by atoms with Crippen LogP contribution in [0.15, 0.2) is 42.7 Å². The van der Waals surface area contributed by atoms with Crippen LogP contribution in [0.25, 0.3) is 0 Å². The molecule has 0 saturated heterocycles. The van der Waals surface area contributed by atoms with Crippen LogP contribution in [0.2, 0.25) is 0 Å². The highest BCUT2D eigenvalue weighted by molar-refractivity contribution is 7.89. The summed E-state index contributed by atoms with van der Waals surface area (Å²) in [5.74, 6) is 0.234. The summed E-state index contributed by atoms with van der Waals surface area (Å²) in [6.45, 7) is 3.12. The zero-order valence-corrected chi connectivity index (χ0v) is 14.2. The predicted octanol–water partition coefficient (Wildman–Crippen LogP) is 2.54. The van der Waals surface area contributed by atoms with Crippen molar-refractivity contribution < 1.29 is 8.42 Å². The van der Waals surface area contributed by atoms with E-state index >= 15 is 0 Å². The molecule has 1 saturated carbocycles. The van der Waals surface area contributed by atoms with Gasteiger partial charge in [-0.3, -0.25) is 4.68 Å². The molecule has 1 aromatic carbocycles. The Morgan fingerprint density at radius 3 is 2.48 bits per heavy atom. The van der Waals surface area contributed by atoms with E-state index in [1.54, 1.807) is 6.20 Å². The lowest BCUT2D eigenvalue weighted by molar-refractivity contribution is 0.193. The largest absolute Gasteiger partial charge is 0.268 e. The Morgan fingerprint density at radius 2 is 1.91 bits per heavy atom. The lowest BCUT2D eigenvalue weighted by atomic mass is 9.72. The van der Waals surface area contributed by atoms with Gasteiger partial charge in [-0.2, -0.15) is 5.10 Å². The molecule has 1 heterocycles. The molecule has 0 radical (unpaired) electrons. The number of nitrogens with one attached hydrogen (secondary N) is 1. The first-order chi connectivity index (χ1) is 10.9. The summed E-state index contributed by atoms with van der Waals surface area (Å²) in [4.78, 5) is 0. The molecule has 0 aliphatic heterocycles. The van der Waals surface area contributed by atoms with E-state index in [0.717, 1.165) is 36.9 Å². The fraction of sp³-hybridized carbons (Fsp3) is 0.471. The molecule has 0 atom stereocenters. The van der Waals surface area contributed by atoms with Crippen LogP contribution in [0.3, 0.4) is 0 Å². The third-order valence-corrected chi connectivity index (χ3v) is 6.18. The first-order valence-corrected chi connectivity index (χ1v) is 9.62. The highest BCUT2D eigenvalue weighted by Gasteiger charge is 2.36. The second-order valence-electron chi connectivity index (χ2n) is 6.76. The van der Waals surface area contributed by atoms with E-state index in [1.165, 1.54) is 0 Å². The average Bonchev–Trinajstić information content (AvgIpc) is 2.98. The van der Waals surface area contributed by atoms with Crippen molar-refractivity contribution in [2.24, 2.45) is 5.41 Å². The van der Waals surface area contributed by atoms with Crippen molar-refractivity contribution in [3.8, 4) is 0 Å². The summed E-state index contributed by atoms with van der Waals surface area (Å²) in [6, 6.07) is 9.85. The van der Waals surface area contributed by atoms with E-state index in [4.69, 9.17) is 0 Å². The fourth-order valence-electron chi connectivity index (χ4n) is 2.97. The topological polar surface area (TPSA) is 64.0 Å². The molecule has 1 fully saturated rings. The van der Waals surface area contributed by atoms with E-state index in [1.807, 2.05) is 41.2 Å². The molecule has 0 bridgehead atoms. The molecule has 23 heavy (non-hydrogen) atoms. The maximum absolute atomic E-state index is 12.2. The van der Waals surface area contributed by atoms with Crippen LogP contribution in [-0.4, -0.2) is 24.0 Å². The van der Waals surface area contributed by atoms with Crippen LogP contribution in [-0.2, 0) is 23.1 Å². The van der Waals surface area contributed by atoms with Gasteiger partial charge in [-0.15, -0.1) is 0 Å². The van der Waals surface area contributed by atoms with Crippen LogP contribution >= 0.6 is 0 Å². The summed E-state index contributed by atoms with van der Waals surface area (Å²) >= 11 is 0. The minimum absolute atomic E-state index is 0.0283. The number of benzene rings is 1. The molecule has 0 spiro atoms. The van der Waals surface area contributed by atoms with Crippen molar-refractivity contribution >= 4 is 10.0 Å². The monoisotopic (exact) mass is 333 g/mol. The van der Waals surface area contributed by atoms with Crippen molar-refractivity contribution in [1.82, 2.24) is 14.5 Å². The molecule has 3 rings (SSSR count). The Kier molecular flexibility index (Phi) is 4.55. The van der Waals surface area contributed by atoms with Gasteiger partial charge in [-0.05, 0) is 35.4 Å². The zero-order valence-electron chi connectivity index (χ0n) is 13.4. The molecule has 0 unspecified atom stereocenters. The van der Waals surface area contributed by atoms with Gasteiger partial charge in [0.25, 0.3) is 0 Å². The Bertz CT molecular complexity index is 733. The van der Waals surface area contributed by atoms with E-state index in [2.05, 4.69) is 16.7 Å². The summed E-state index contributed by atoms with van der Waals surface area (Å²) in [5, 5.41) is 4.18. The van der Waals surface area contributed by atoms with Gasteiger partial charge in [0.1, 0.15) is 0 Å². The van der Waals surface area contributed by atoms with Crippen LogP contribution in [0, 0.1) is 5.41 Å². The molecule has 5 nitrogen and oxygen atoms in total. The van der Waals surface area contributed by atoms with Gasteiger partial charge >= 0.3 is 0 Å². The molecule has 1 N–H and O–H groups in total. The fourth-order valence-corrected chi connectivity index (χ4v) is 4.67. The van der Waals surface area contributed by atoms with Gasteiger partial charge < -0.3 is 0 Å². The van der Waals surface area contributed by atoms with Crippen molar-refractivity contribution in [2.75, 3.05) is 5.75 Å². The highest BCUT2D eigenvalue weighted by atomic mass is 32.2. The van der Waals surface area contributed by atoms with Gasteiger partial charge in [0.05, 0.1) is 12.3 Å². The highest BCUT2D eigenvalue weighted by Crippen LogP contribution is 2.41. The van der Waals surface area contributed by atoms with Crippen LogP contribution in [0.4, 0.5) is 0 Å². The van der Waals surface area contributed by atoms with Crippen molar-refractivity contribution in [3.63, 3.8) is 0 Å². The number of nitrogens with zero attached hydrogens (tertiary/aromatic N) is 2. The minimum Gasteiger partial charge on any atom is -0.268 e. The lowest BCUT2D eigenvalue weighted by Crippen LogP contribution is -2.38. The van der Waals surface area contributed by atoms with Gasteiger partial charge in [-0.1, -0.05) is 37.6 Å². The first-order valence-electron chi connectivity index (χ1n) is 7.97. The summed E-state index contributed by atoms with van der Waals surface area (Å²) in [7, 11) is -3.21. The lowest BCUT2D eigenvalue weighted by Gasteiger charge is -2.37. The van der Waals surface area contributed by atoms with Gasteiger partial charge in [0.15, 0.2) is 0 Å². The van der Waals surface area contributed by atoms with Crippen LogP contribution in [0.1, 0.15) is 37.3 Å². The van der Waals surface area contributed by atoms with E-state index in [-0.39, 0.29) is 11.2 Å². The molecule has 1 aromatic heterocycles. The Balaban J connectivity index is 1.54. The second-order valence-corrected chi connectivity index (χ2v) is 8.57. The molecule has 1 aliphatic rings. The number of sulfonamides is 1. The van der Waals surface area contributed by atoms with Gasteiger partial charge in [-0.25, -0.2) is 13.1 Å². The van der Waals surface area contributed by atoms with Gasteiger partial charge in [0, 0.05) is 18.9 Å². The quantitative estimate of drug-likeness (QED) is 0.847. The number of hydrogen-bond donors (Lipinski definition) is 1. The molecular formula is C17H23N3O2S. The first kappa shape index (κ1) is 16.2. The van der Waals surface area contributed by atoms with Crippen molar-refractivity contribution in [2.45, 2.75) is 39.3 Å². The van der Waals surface area contributed by atoms with Crippen molar-refractivity contribution in [1.29, 1.82) is 0 Å². The maximum Gasteiger partial charge on any atom is 0.212 e. The molecule has 6 heteroatoms. The molecule has 0 amide bonds. The standard InChI is InChI=1S/C17H23N3O2S/c1-17(8-2-9-17)14-23(21,22)19-12-15-4-6-16(7-5-15)13-20-11-3-10-18-20/h3-7,10-11,19H,2,8-9,12-14H2,1H3. The van der Waals surface area contributed by atoms with E-state index in [0.29, 0.717) is 6.54 Å². The summed E-state index contributed by atoms with van der Waals surface area (Å²) < 4.78 is 28.9. The number of hydrogen-bond acceptors (Lipinski definition) is 3. The zero-order chi connectivity index (χ0) is 16.3.